The molecule has 5 aromatic rings. The van der Waals surface area contributed by atoms with Crippen LogP contribution in [0.15, 0.2) is 90.0 Å². The minimum atomic E-state index is -1.04. The molecule has 37 heavy (non-hydrogen) atoms. The number of carbonyl (C=O) groups is 1. The topological polar surface area (TPSA) is 94.4 Å². The van der Waals surface area contributed by atoms with Crippen LogP contribution in [0.25, 0.3) is 16.8 Å². The van der Waals surface area contributed by atoms with Gasteiger partial charge in [-0.25, -0.2) is 8.91 Å². The molecule has 1 amide bonds. The van der Waals surface area contributed by atoms with E-state index in [1.54, 1.807) is 22.9 Å². The van der Waals surface area contributed by atoms with Gasteiger partial charge in [-0.05, 0) is 89.4 Å². The zero-order chi connectivity index (χ0) is 25.9. The van der Waals surface area contributed by atoms with Crippen LogP contribution in [0.3, 0.4) is 0 Å². The Kier molecular flexibility index (Phi) is 6.89. The lowest BCUT2D eigenvalue weighted by Crippen LogP contribution is -2.14. The summed E-state index contributed by atoms with van der Waals surface area (Å²) in [5.41, 5.74) is 5.83. The maximum atomic E-state index is 13.1. The fourth-order valence-electron chi connectivity index (χ4n) is 3.92. The van der Waals surface area contributed by atoms with E-state index in [-0.39, 0.29) is 18.1 Å². The Balaban J connectivity index is 1.27. The number of rotatable bonds is 7. The van der Waals surface area contributed by atoms with E-state index in [0.29, 0.717) is 17.3 Å². The van der Waals surface area contributed by atoms with E-state index in [2.05, 4.69) is 20.7 Å². The molecule has 2 aromatic heterocycles. The molecule has 9 heteroatoms. The van der Waals surface area contributed by atoms with E-state index in [0.717, 1.165) is 32.8 Å². The number of aryl methyl sites for hydroxylation is 1. The Labute approximate surface area is 216 Å². The van der Waals surface area contributed by atoms with Gasteiger partial charge in [-0.3, -0.25) is 4.79 Å². The van der Waals surface area contributed by atoms with E-state index in [1.807, 2.05) is 67.7 Å². The zero-order valence-corrected chi connectivity index (χ0v) is 21.1. The third-order valence-electron chi connectivity index (χ3n) is 5.89. The molecule has 0 saturated carbocycles. The second-order valence-electron chi connectivity index (χ2n) is 8.64. The molecule has 5 rings (SSSR count). The van der Waals surface area contributed by atoms with Gasteiger partial charge >= 0.3 is 0 Å². The van der Waals surface area contributed by atoms with Crippen molar-refractivity contribution in [1.29, 1.82) is 0 Å². The van der Waals surface area contributed by atoms with Gasteiger partial charge in [0.05, 0.1) is 6.42 Å². The van der Waals surface area contributed by atoms with E-state index >= 15 is 0 Å². The van der Waals surface area contributed by atoms with Crippen molar-refractivity contribution in [3.63, 3.8) is 0 Å². The van der Waals surface area contributed by atoms with Crippen LogP contribution in [0.5, 0.6) is 0 Å². The predicted molar refractivity (Wildman–Crippen MR) is 144 cm³/mol. The van der Waals surface area contributed by atoms with Crippen molar-refractivity contribution in [2.24, 2.45) is 0 Å². The lowest BCUT2D eigenvalue weighted by Gasteiger charge is -2.09. The summed E-state index contributed by atoms with van der Waals surface area (Å²) in [7, 11) is 0. The van der Waals surface area contributed by atoms with Crippen molar-refractivity contribution in [2.45, 2.75) is 18.2 Å². The summed E-state index contributed by atoms with van der Waals surface area (Å²) >= 11 is -1.04. The maximum Gasteiger partial charge on any atom is 0.247 e. The molecule has 1 atom stereocenters. The van der Waals surface area contributed by atoms with Crippen molar-refractivity contribution in [2.75, 3.05) is 16.9 Å². The Morgan fingerprint density at radius 2 is 1.73 bits per heavy atom. The maximum absolute atomic E-state index is 13.1. The largest absolute Gasteiger partial charge is 0.612 e. The molecule has 0 spiro atoms. The number of pyridine rings is 1. The first-order chi connectivity index (χ1) is 17.8. The molecular weight excluding hydrogens is 489 g/mol. The van der Waals surface area contributed by atoms with Gasteiger partial charge in [-0.2, -0.15) is 4.98 Å². The summed E-state index contributed by atoms with van der Waals surface area (Å²) in [5, 5.41) is 10.6. The highest BCUT2D eigenvalue weighted by atomic mass is 32.2. The van der Waals surface area contributed by atoms with Crippen LogP contribution in [0.1, 0.15) is 11.1 Å². The number of carbonyl (C=O) groups excluding carboxylic acids is 1. The SMILES string of the molecule is Cc1cc([S@@+](C)[O-])ccc1Nc1nc2ccc(-c3ccc(NC(=O)Cc4ccc(F)cc4)cc3)cn2n1. The van der Waals surface area contributed by atoms with Crippen LogP contribution in [-0.4, -0.2) is 31.3 Å². The molecule has 0 fully saturated rings. The van der Waals surface area contributed by atoms with Crippen molar-refractivity contribution >= 4 is 40.1 Å². The summed E-state index contributed by atoms with van der Waals surface area (Å²) in [6.45, 7) is 1.95. The number of halogens is 1. The first kappa shape index (κ1) is 24.5. The number of aromatic nitrogens is 3. The molecule has 7 nitrogen and oxygen atoms in total. The first-order valence-electron chi connectivity index (χ1n) is 11.6. The number of hydrogen-bond acceptors (Lipinski definition) is 5. The highest BCUT2D eigenvalue weighted by Crippen LogP contribution is 2.25. The monoisotopic (exact) mass is 513 g/mol. The zero-order valence-electron chi connectivity index (χ0n) is 20.2. The summed E-state index contributed by atoms with van der Waals surface area (Å²) in [5.74, 6) is -0.0334. The second kappa shape index (κ2) is 10.4. The van der Waals surface area contributed by atoms with Gasteiger partial charge in [0.15, 0.2) is 10.5 Å². The average molecular weight is 514 g/mol. The molecule has 0 aliphatic carbocycles. The third-order valence-corrected chi connectivity index (χ3v) is 6.80. The van der Waals surface area contributed by atoms with Crippen molar-refractivity contribution in [1.82, 2.24) is 14.6 Å². The minimum Gasteiger partial charge on any atom is -0.612 e. The van der Waals surface area contributed by atoms with Gasteiger partial charge in [0.1, 0.15) is 12.1 Å². The van der Waals surface area contributed by atoms with Crippen LogP contribution in [-0.2, 0) is 22.4 Å². The molecule has 2 heterocycles. The molecule has 0 radical (unpaired) electrons. The van der Waals surface area contributed by atoms with Crippen LogP contribution in [0.4, 0.5) is 21.7 Å². The van der Waals surface area contributed by atoms with Gasteiger partial charge in [0.2, 0.25) is 11.9 Å². The highest BCUT2D eigenvalue weighted by Gasteiger charge is 2.11. The van der Waals surface area contributed by atoms with E-state index < -0.39 is 11.2 Å². The quantitative estimate of drug-likeness (QED) is 0.280. The Morgan fingerprint density at radius 3 is 2.43 bits per heavy atom. The highest BCUT2D eigenvalue weighted by molar-refractivity contribution is 7.90. The fourth-order valence-corrected chi connectivity index (χ4v) is 4.52. The number of nitrogens with zero attached hydrogens (tertiary/aromatic N) is 3. The van der Waals surface area contributed by atoms with Crippen LogP contribution in [0.2, 0.25) is 0 Å². The number of hydrogen-bond donors (Lipinski definition) is 2. The van der Waals surface area contributed by atoms with Gasteiger partial charge in [0, 0.05) is 23.1 Å². The molecule has 0 unspecified atom stereocenters. The van der Waals surface area contributed by atoms with Crippen molar-refractivity contribution in [3.8, 4) is 11.1 Å². The minimum absolute atomic E-state index is 0.170. The normalized spacial score (nSPS) is 11.9. The number of fused-ring (bicyclic) bond motifs is 1. The van der Waals surface area contributed by atoms with Crippen LogP contribution in [0, 0.1) is 12.7 Å². The third kappa shape index (κ3) is 5.79. The van der Waals surface area contributed by atoms with E-state index in [4.69, 9.17) is 0 Å². The van der Waals surface area contributed by atoms with Crippen LogP contribution < -0.4 is 10.6 Å². The van der Waals surface area contributed by atoms with Gasteiger partial charge < -0.3 is 15.2 Å². The van der Waals surface area contributed by atoms with E-state index in [1.165, 1.54) is 12.1 Å². The molecule has 0 aliphatic heterocycles. The van der Waals surface area contributed by atoms with Gasteiger partial charge in [-0.15, -0.1) is 5.10 Å². The smallest absolute Gasteiger partial charge is 0.247 e. The second-order valence-corrected chi connectivity index (χ2v) is 10.0. The summed E-state index contributed by atoms with van der Waals surface area (Å²) < 4.78 is 26.5. The average Bonchev–Trinajstić information content (AvgIpc) is 3.28. The lowest BCUT2D eigenvalue weighted by molar-refractivity contribution is -0.115. The predicted octanol–water partition coefficient (Wildman–Crippen LogP) is 5.51. The molecule has 0 bridgehead atoms. The number of anilines is 3. The number of nitrogens with one attached hydrogen (secondary N) is 2. The standard InChI is InChI=1S/C28H24FN5O2S/c1-18-15-24(37(2)36)12-13-25(18)31-28-32-26-14-7-21(17-34(26)33-28)20-5-10-23(11-6-20)30-27(35)16-19-3-8-22(29)9-4-19/h3-15,17H,16H2,1-2H3,(H,30,35)(H,31,33)/t37-/m1/s1. The number of amides is 1. The molecule has 0 saturated heterocycles. The van der Waals surface area contributed by atoms with Gasteiger partial charge in [-0.1, -0.05) is 24.3 Å². The molecule has 0 aliphatic rings. The number of benzene rings is 3. The molecule has 3 aromatic carbocycles. The molecule has 2 N–H and O–H groups in total. The first-order valence-corrected chi connectivity index (χ1v) is 13.1. The molecular formula is C28H24FN5O2S. The Morgan fingerprint density at radius 1 is 1.00 bits per heavy atom. The lowest BCUT2D eigenvalue weighted by atomic mass is 10.1. The van der Waals surface area contributed by atoms with Crippen molar-refractivity contribution < 1.29 is 13.7 Å². The summed E-state index contributed by atoms with van der Waals surface area (Å²) in [6.07, 6.45) is 3.72. The molecule has 186 valence electrons. The van der Waals surface area contributed by atoms with Crippen molar-refractivity contribution in [3.05, 3.63) is 102 Å². The fraction of sp³-hybridized carbons (Fsp3) is 0.107. The summed E-state index contributed by atoms with van der Waals surface area (Å²) in [4.78, 5) is 17.6. The summed E-state index contributed by atoms with van der Waals surface area (Å²) in [6, 6.07) is 22.9. The van der Waals surface area contributed by atoms with Gasteiger partial charge in [0.25, 0.3) is 0 Å². The van der Waals surface area contributed by atoms with E-state index in [9.17, 15) is 13.7 Å². The van der Waals surface area contributed by atoms with Crippen LogP contribution >= 0.6 is 0 Å². The Bertz CT molecular complexity index is 1570. The Hall–Kier alpha value is -4.21.